The highest BCUT2D eigenvalue weighted by Gasteiger charge is 2.24. The van der Waals surface area contributed by atoms with Gasteiger partial charge in [0.2, 0.25) is 5.71 Å². The molecule has 3 rings (SSSR count). The quantitative estimate of drug-likeness (QED) is 0.600. The fourth-order valence-electron chi connectivity index (χ4n) is 2.69. The molecule has 0 aliphatic rings. The summed E-state index contributed by atoms with van der Waals surface area (Å²) in [4.78, 5) is 33.2. The van der Waals surface area contributed by atoms with Gasteiger partial charge in [-0.3, -0.25) is 4.21 Å². The molecule has 0 saturated carbocycles. The number of benzene rings is 1. The lowest BCUT2D eigenvalue weighted by Gasteiger charge is -2.06. The van der Waals surface area contributed by atoms with E-state index in [1.54, 1.807) is 32.2 Å². The van der Waals surface area contributed by atoms with E-state index in [9.17, 15) is 13.8 Å². The van der Waals surface area contributed by atoms with Crippen molar-refractivity contribution >= 4 is 39.7 Å². The third kappa shape index (κ3) is 4.27. The number of aryl methyl sites for hydroxylation is 1. The van der Waals surface area contributed by atoms with E-state index in [0.717, 1.165) is 0 Å². The van der Waals surface area contributed by atoms with Crippen LogP contribution in [0.5, 0.6) is 0 Å². The van der Waals surface area contributed by atoms with Gasteiger partial charge in [0.15, 0.2) is 12.4 Å². The van der Waals surface area contributed by atoms with Crippen molar-refractivity contribution in [1.82, 2.24) is 9.97 Å². The van der Waals surface area contributed by atoms with Gasteiger partial charge in [-0.2, -0.15) is 4.98 Å². The molecular formula is C19H19N3O6S. The van der Waals surface area contributed by atoms with E-state index in [4.69, 9.17) is 19.6 Å². The monoisotopic (exact) mass is 417 g/mol. The molecule has 9 nitrogen and oxygen atoms in total. The van der Waals surface area contributed by atoms with Crippen molar-refractivity contribution in [2.45, 2.75) is 25.3 Å². The normalized spacial score (nSPS) is 12.0. The average molecular weight is 417 g/mol. The maximum absolute atomic E-state index is 12.2. The second-order valence-electron chi connectivity index (χ2n) is 6.01. The molecule has 0 fully saturated rings. The van der Waals surface area contributed by atoms with Gasteiger partial charge in [0.05, 0.1) is 17.6 Å². The predicted octanol–water partition coefficient (Wildman–Crippen LogP) is 2.38. The minimum atomic E-state index is -1.13. The zero-order chi connectivity index (χ0) is 21.1. The van der Waals surface area contributed by atoms with Crippen LogP contribution in [-0.2, 0) is 26.9 Å². The third-order valence-electron chi connectivity index (χ3n) is 4.04. The van der Waals surface area contributed by atoms with E-state index in [0.29, 0.717) is 16.2 Å². The Labute approximate surface area is 168 Å². The van der Waals surface area contributed by atoms with Crippen molar-refractivity contribution in [2.24, 2.45) is 0 Å². The van der Waals surface area contributed by atoms with Gasteiger partial charge in [-0.05, 0) is 38.1 Å². The van der Waals surface area contributed by atoms with Crippen molar-refractivity contribution in [2.75, 3.05) is 18.6 Å². The summed E-state index contributed by atoms with van der Waals surface area (Å²) in [5.41, 5.74) is 6.56. The van der Waals surface area contributed by atoms with E-state index in [-0.39, 0.29) is 41.5 Å². The zero-order valence-corrected chi connectivity index (χ0v) is 16.9. The molecule has 2 heterocycles. The minimum Gasteiger partial charge on any atom is -0.462 e. The summed E-state index contributed by atoms with van der Waals surface area (Å²) in [6.45, 7) is 3.25. The molecule has 1 unspecified atom stereocenters. The van der Waals surface area contributed by atoms with Crippen molar-refractivity contribution in [3.63, 3.8) is 0 Å². The topological polar surface area (TPSA) is 135 Å². The summed E-state index contributed by atoms with van der Waals surface area (Å²) in [6, 6.07) is 6.24. The maximum Gasteiger partial charge on any atom is 0.342 e. The van der Waals surface area contributed by atoms with E-state index < -0.39 is 22.7 Å². The van der Waals surface area contributed by atoms with Crippen LogP contribution >= 0.6 is 0 Å². The Morgan fingerprint density at radius 2 is 1.83 bits per heavy atom. The second kappa shape index (κ2) is 8.39. The van der Waals surface area contributed by atoms with Gasteiger partial charge in [-0.25, -0.2) is 14.6 Å². The van der Waals surface area contributed by atoms with Crippen LogP contribution < -0.4 is 5.73 Å². The number of nitrogens with zero attached hydrogens (tertiary/aromatic N) is 2. The van der Waals surface area contributed by atoms with Crippen molar-refractivity contribution in [3.05, 3.63) is 47.0 Å². The molecule has 29 heavy (non-hydrogen) atoms. The highest BCUT2D eigenvalue weighted by Crippen LogP contribution is 2.29. The molecule has 2 N–H and O–H groups in total. The smallest absolute Gasteiger partial charge is 0.342 e. The van der Waals surface area contributed by atoms with Crippen LogP contribution in [0.3, 0.4) is 0 Å². The first-order valence-corrected chi connectivity index (χ1v) is 10.2. The van der Waals surface area contributed by atoms with Crippen LogP contribution in [0.15, 0.2) is 33.6 Å². The molecule has 1 atom stereocenters. The molecule has 3 aromatic rings. The number of aromatic nitrogens is 2. The fourth-order valence-corrected chi connectivity index (χ4v) is 3.21. The zero-order valence-electron chi connectivity index (χ0n) is 16.1. The van der Waals surface area contributed by atoms with E-state index in [2.05, 4.69) is 9.97 Å². The van der Waals surface area contributed by atoms with Crippen molar-refractivity contribution in [3.8, 4) is 0 Å². The largest absolute Gasteiger partial charge is 0.462 e. The lowest BCUT2D eigenvalue weighted by molar-refractivity contribution is 0.0461. The summed E-state index contributed by atoms with van der Waals surface area (Å²) in [6.07, 6.45) is 1.55. The molecule has 0 radical (unpaired) electrons. The van der Waals surface area contributed by atoms with Gasteiger partial charge >= 0.3 is 11.9 Å². The number of fused-ring (bicyclic) bond motifs is 1. The molecule has 2 aromatic heterocycles. The SMILES string of the molecule is CCOC(=O)c1c(C)oc2nc(COC(=O)c3ccc(S(C)=O)cc3)nc(N)c12. The summed E-state index contributed by atoms with van der Waals surface area (Å²) in [7, 11) is -1.13. The standard InChI is InChI=1S/C19H19N3O6S/c1-4-26-19(24)14-10(2)28-17-15(14)16(20)21-13(22-17)9-27-18(23)11-5-7-12(8-6-11)29(3)25/h5-8H,4,9H2,1-3H3,(H2,20,21,22). The Morgan fingerprint density at radius 1 is 1.14 bits per heavy atom. The molecular weight excluding hydrogens is 398 g/mol. The Bertz CT molecular complexity index is 1110. The Morgan fingerprint density at radius 3 is 2.45 bits per heavy atom. The number of esters is 2. The summed E-state index contributed by atoms with van der Waals surface area (Å²) in [5, 5.41) is 0.263. The molecule has 10 heteroatoms. The third-order valence-corrected chi connectivity index (χ3v) is 4.97. The summed E-state index contributed by atoms with van der Waals surface area (Å²) in [5.74, 6) is -0.713. The predicted molar refractivity (Wildman–Crippen MR) is 105 cm³/mol. The lowest BCUT2D eigenvalue weighted by Crippen LogP contribution is -2.10. The Kier molecular flexibility index (Phi) is 5.92. The van der Waals surface area contributed by atoms with Gasteiger partial charge in [-0.1, -0.05) is 0 Å². The number of hydrogen-bond donors (Lipinski definition) is 1. The molecule has 0 aliphatic heterocycles. The van der Waals surface area contributed by atoms with Gasteiger partial charge in [0.25, 0.3) is 0 Å². The number of furan rings is 1. The molecule has 0 spiro atoms. The number of carbonyl (C=O) groups is 2. The summed E-state index contributed by atoms with van der Waals surface area (Å²) >= 11 is 0. The average Bonchev–Trinajstić information content (AvgIpc) is 3.02. The van der Waals surface area contributed by atoms with Gasteiger partial charge in [0, 0.05) is 22.0 Å². The van der Waals surface area contributed by atoms with E-state index in [1.807, 2.05) is 0 Å². The minimum absolute atomic E-state index is 0.0238. The number of hydrogen-bond acceptors (Lipinski definition) is 9. The van der Waals surface area contributed by atoms with Gasteiger partial charge in [-0.15, -0.1) is 0 Å². The Balaban J connectivity index is 1.79. The number of anilines is 1. The molecule has 0 bridgehead atoms. The number of carbonyl (C=O) groups excluding carboxylic acids is 2. The van der Waals surface area contributed by atoms with Crippen LogP contribution in [0.2, 0.25) is 0 Å². The van der Waals surface area contributed by atoms with Crippen LogP contribution in [0.1, 0.15) is 39.2 Å². The summed E-state index contributed by atoms with van der Waals surface area (Å²) < 4.78 is 27.1. The molecule has 0 aliphatic carbocycles. The van der Waals surface area contributed by atoms with Crippen molar-refractivity contribution < 1.29 is 27.7 Å². The second-order valence-corrected chi connectivity index (χ2v) is 7.39. The number of nitrogens with two attached hydrogens (primary N) is 1. The molecule has 0 amide bonds. The fraction of sp³-hybridized carbons (Fsp3) is 0.263. The van der Waals surface area contributed by atoms with Gasteiger partial charge < -0.3 is 19.6 Å². The molecule has 1 aromatic carbocycles. The first-order chi connectivity index (χ1) is 13.8. The first kappa shape index (κ1) is 20.5. The highest BCUT2D eigenvalue weighted by atomic mass is 32.2. The van der Waals surface area contributed by atoms with Crippen LogP contribution in [0.25, 0.3) is 11.1 Å². The van der Waals surface area contributed by atoms with E-state index >= 15 is 0 Å². The van der Waals surface area contributed by atoms with Crippen LogP contribution in [0.4, 0.5) is 5.82 Å². The van der Waals surface area contributed by atoms with E-state index in [1.165, 1.54) is 12.1 Å². The highest BCUT2D eigenvalue weighted by molar-refractivity contribution is 7.84. The number of nitrogen functional groups attached to an aromatic ring is 1. The van der Waals surface area contributed by atoms with Gasteiger partial charge in [0.1, 0.15) is 17.1 Å². The maximum atomic E-state index is 12.2. The molecule has 0 saturated heterocycles. The van der Waals surface area contributed by atoms with Crippen LogP contribution in [0, 0.1) is 6.92 Å². The first-order valence-electron chi connectivity index (χ1n) is 8.65. The number of ether oxygens (including phenoxy) is 2. The Hall–Kier alpha value is -3.27. The lowest BCUT2D eigenvalue weighted by atomic mass is 10.2. The molecule has 152 valence electrons. The number of rotatable bonds is 6. The van der Waals surface area contributed by atoms with Crippen LogP contribution in [-0.4, -0.2) is 39.0 Å². The van der Waals surface area contributed by atoms with Crippen molar-refractivity contribution in [1.29, 1.82) is 0 Å².